The molecular formula is C65H44N6. The molecule has 0 aliphatic rings. The van der Waals surface area contributed by atoms with Crippen LogP contribution >= 0.6 is 0 Å². The van der Waals surface area contributed by atoms with Gasteiger partial charge in [-0.25, -0.2) is 9.97 Å². The molecule has 0 atom stereocenters. The number of aromatic nitrogens is 3. The van der Waals surface area contributed by atoms with Gasteiger partial charge in [0.1, 0.15) is 0 Å². The number of hydrogen-bond acceptors (Lipinski definition) is 5. The van der Waals surface area contributed by atoms with Gasteiger partial charge in [-0.2, -0.15) is 5.26 Å². The second-order valence-electron chi connectivity index (χ2n) is 17.4. The van der Waals surface area contributed by atoms with E-state index >= 15 is 0 Å². The van der Waals surface area contributed by atoms with Crippen LogP contribution < -0.4 is 9.80 Å². The van der Waals surface area contributed by atoms with Crippen molar-refractivity contribution in [1.82, 2.24) is 14.5 Å². The van der Waals surface area contributed by atoms with Gasteiger partial charge in [-0.05, 0) is 114 Å². The number of hydrogen-bond donors (Lipinski definition) is 0. The minimum absolute atomic E-state index is 0.580. The maximum absolute atomic E-state index is 10.9. The molecule has 2 heterocycles. The van der Waals surface area contributed by atoms with Crippen LogP contribution in [0.1, 0.15) is 5.56 Å². The molecule has 6 nitrogen and oxygen atoms in total. The summed E-state index contributed by atoms with van der Waals surface area (Å²) < 4.78 is 2.29. The minimum Gasteiger partial charge on any atom is -0.310 e. The Morgan fingerprint density at radius 3 is 1.17 bits per heavy atom. The number of fused-ring (bicyclic) bond motifs is 3. The van der Waals surface area contributed by atoms with Crippen molar-refractivity contribution in [3.8, 4) is 56.8 Å². The molecule has 2 aromatic heterocycles. The SMILES string of the molecule is N#Cc1cc(-n2c3ccc(N(c4ccccc4)c4ccccc4)cc3c3cc(N(c4ccccc4)c4ccccc4)ccc32)ccc1-c1ccc(-c2cc(-c3ccccc3)nc(-c3ccccc3)n2)cc1. The fourth-order valence-electron chi connectivity index (χ4n) is 9.66. The van der Waals surface area contributed by atoms with Crippen molar-refractivity contribution < 1.29 is 0 Å². The number of para-hydroxylation sites is 4. The van der Waals surface area contributed by atoms with Crippen LogP contribution in [0.25, 0.3) is 72.5 Å². The molecule has 0 fully saturated rings. The molecule has 0 aliphatic heterocycles. The van der Waals surface area contributed by atoms with Gasteiger partial charge in [0.25, 0.3) is 0 Å². The molecule has 0 spiro atoms. The predicted octanol–water partition coefficient (Wildman–Crippen LogP) is 17.1. The normalized spacial score (nSPS) is 11.1. The van der Waals surface area contributed by atoms with Crippen molar-refractivity contribution in [3.63, 3.8) is 0 Å². The maximum atomic E-state index is 10.9. The van der Waals surface area contributed by atoms with Gasteiger partial charge in [0, 0.05) is 67.3 Å². The Kier molecular flexibility index (Phi) is 11.2. The third-order valence-corrected chi connectivity index (χ3v) is 13.0. The Hall–Kier alpha value is -9.83. The fraction of sp³-hybridized carbons (Fsp3) is 0. The Labute approximate surface area is 412 Å². The summed E-state index contributed by atoms with van der Waals surface area (Å²) in [5, 5.41) is 13.1. The Morgan fingerprint density at radius 1 is 0.338 bits per heavy atom. The van der Waals surface area contributed by atoms with E-state index in [1.54, 1.807) is 0 Å². The average molecular weight is 909 g/mol. The summed E-state index contributed by atoms with van der Waals surface area (Å²) in [4.78, 5) is 14.6. The second kappa shape index (κ2) is 18.7. The number of nitriles is 1. The van der Waals surface area contributed by atoms with E-state index in [0.29, 0.717) is 11.4 Å². The van der Waals surface area contributed by atoms with E-state index in [1.807, 2.05) is 60.7 Å². The zero-order valence-electron chi connectivity index (χ0n) is 38.6. The first kappa shape index (κ1) is 42.5. The lowest BCUT2D eigenvalue weighted by Gasteiger charge is -2.26. The summed E-state index contributed by atoms with van der Waals surface area (Å²) in [5.41, 5.74) is 16.3. The van der Waals surface area contributed by atoms with Gasteiger partial charge < -0.3 is 14.4 Å². The average Bonchev–Trinajstić information content (AvgIpc) is 3.77. The molecule has 0 N–H and O–H groups in total. The van der Waals surface area contributed by atoms with Crippen LogP contribution in [-0.4, -0.2) is 14.5 Å². The van der Waals surface area contributed by atoms with Crippen molar-refractivity contribution in [2.75, 3.05) is 9.80 Å². The highest BCUT2D eigenvalue weighted by molar-refractivity contribution is 6.12. The smallest absolute Gasteiger partial charge is 0.160 e. The van der Waals surface area contributed by atoms with Crippen LogP contribution in [0.15, 0.2) is 267 Å². The molecule has 0 saturated carbocycles. The number of nitrogens with zero attached hydrogens (tertiary/aromatic N) is 6. The number of benzene rings is 10. The lowest BCUT2D eigenvalue weighted by molar-refractivity contribution is 1.17. The molecule has 71 heavy (non-hydrogen) atoms. The zero-order chi connectivity index (χ0) is 47.5. The molecule has 0 aliphatic carbocycles. The van der Waals surface area contributed by atoms with Crippen LogP contribution in [0, 0.1) is 11.3 Å². The highest BCUT2D eigenvalue weighted by atomic mass is 15.1. The molecule has 0 radical (unpaired) electrons. The lowest BCUT2D eigenvalue weighted by Crippen LogP contribution is -2.09. The van der Waals surface area contributed by atoms with Crippen LogP contribution in [0.4, 0.5) is 34.1 Å². The number of anilines is 6. The summed E-state index contributed by atoms with van der Waals surface area (Å²) in [7, 11) is 0. The fourth-order valence-corrected chi connectivity index (χ4v) is 9.66. The lowest BCUT2D eigenvalue weighted by atomic mass is 9.97. The quantitative estimate of drug-likeness (QED) is 0.129. The Bertz CT molecular complexity index is 3580. The van der Waals surface area contributed by atoms with Gasteiger partial charge in [0.05, 0.1) is 34.1 Å². The monoisotopic (exact) mass is 908 g/mol. The summed E-state index contributed by atoms with van der Waals surface area (Å²) in [6, 6.07) is 94.9. The van der Waals surface area contributed by atoms with Crippen LogP contribution in [0.2, 0.25) is 0 Å². The summed E-state index contributed by atoms with van der Waals surface area (Å²) in [6.07, 6.45) is 0. The molecular weight excluding hydrogens is 865 g/mol. The molecule has 10 aromatic carbocycles. The van der Waals surface area contributed by atoms with Gasteiger partial charge in [-0.15, -0.1) is 0 Å². The molecule has 6 heteroatoms. The van der Waals surface area contributed by atoms with Gasteiger partial charge >= 0.3 is 0 Å². The third-order valence-electron chi connectivity index (χ3n) is 13.0. The van der Waals surface area contributed by atoms with Gasteiger partial charge in [-0.3, -0.25) is 0 Å². The largest absolute Gasteiger partial charge is 0.310 e. The standard InChI is InChI=1S/C65H44N6/c66-45-50-41-55(35-38-58(50)46-31-33-48(34-32-46)62-44-61(47-19-7-1-8-20-47)67-65(68-62)49-21-9-2-10-22-49)71-63-39-36-56(69(51-23-11-3-12-24-51)52-25-13-4-14-26-52)42-59(63)60-43-57(37-40-64(60)71)70(53-27-15-5-16-28-53)54-29-17-6-18-30-54/h1-44H. The molecule has 0 amide bonds. The zero-order valence-corrected chi connectivity index (χ0v) is 38.6. The molecule has 0 unspecified atom stereocenters. The Morgan fingerprint density at radius 2 is 0.732 bits per heavy atom. The molecule has 0 bridgehead atoms. The molecule has 12 aromatic rings. The second-order valence-corrected chi connectivity index (χ2v) is 17.4. The van der Waals surface area contributed by atoms with Crippen LogP contribution in [0.5, 0.6) is 0 Å². The number of rotatable bonds is 11. The van der Waals surface area contributed by atoms with Crippen molar-refractivity contribution in [3.05, 3.63) is 272 Å². The summed E-state index contributed by atoms with van der Waals surface area (Å²) in [5.74, 6) is 0.667. The van der Waals surface area contributed by atoms with Crippen molar-refractivity contribution >= 4 is 55.9 Å². The van der Waals surface area contributed by atoms with E-state index in [1.165, 1.54) is 0 Å². The molecule has 334 valence electrons. The van der Waals surface area contributed by atoms with Crippen molar-refractivity contribution in [2.45, 2.75) is 0 Å². The van der Waals surface area contributed by atoms with E-state index in [4.69, 9.17) is 9.97 Å². The predicted molar refractivity (Wildman–Crippen MR) is 292 cm³/mol. The molecule has 12 rings (SSSR count). The van der Waals surface area contributed by atoms with Gasteiger partial charge in [0.15, 0.2) is 5.82 Å². The third kappa shape index (κ3) is 8.24. The first-order valence-electron chi connectivity index (χ1n) is 23.7. The van der Waals surface area contributed by atoms with Crippen molar-refractivity contribution in [2.24, 2.45) is 0 Å². The first-order chi connectivity index (χ1) is 35.2. The van der Waals surface area contributed by atoms with Crippen LogP contribution in [0.3, 0.4) is 0 Å². The van der Waals surface area contributed by atoms with Gasteiger partial charge in [-0.1, -0.05) is 164 Å². The highest BCUT2D eigenvalue weighted by Gasteiger charge is 2.21. The Balaban J connectivity index is 0.982. The van der Waals surface area contributed by atoms with Crippen molar-refractivity contribution in [1.29, 1.82) is 5.26 Å². The van der Waals surface area contributed by atoms with Crippen LogP contribution in [-0.2, 0) is 0 Å². The summed E-state index contributed by atoms with van der Waals surface area (Å²) in [6.45, 7) is 0. The minimum atomic E-state index is 0.580. The highest BCUT2D eigenvalue weighted by Crippen LogP contribution is 2.43. The van der Waals surface area contributed by atoms with E-state index in [2.05, 4.69) is 227 Å². The summed E-state index contributed by atoms with van der Waals surface area (Å²) >= 11 is 0. The van der Waals surface area contributed by atoms with Gasteiger partial charge in [0.2, 0.25) is 0 Å². The first-order valence-corrected chi connectivity index (χ1v) is 23.7. The topological polar surface area (TPSA) is 61.0 Å². The maximum Gasteiger partial charge on any atom is 0.160 e. The van der Waals surface area contributed by atoms with E-state index < -0.39 is 0 Å². The van der Waals surface area contributed by atoms with E-state index in [-0.39, 0.29) is 0 Å². The van der Waals surface area contributed by atoms with E-state index in [9.17, 15) is 5.26 Å². The van der Waals surface area contributed by atoms with E-state index in [0.717, 1.165) is 101 Å². The molecule has 0 saturated heterocycles.